The predicted octanol–water partition coefficient (Wildman–Crippen LogP) is 1.18. The highest BCUT2D eigenvalue weighted by Crippen LogP contribution is 2.28. The number of carbonyl (C=O) groups excluding carboxylic acids is 1. The van der Waals surface area contributed by atoms with Crippen LogP contribution in [0, 0.1) is 0 Å². The highest BCUT2D eigenvalue weighted by Gasteiger charge is 2.24. The van der Waals surface area contributed by atoms with Gasteiger partial charge in [-0.05, 0) is 19.8 Å². The Bertz CT molecular complexity index is 462. The van der Waals surface area contributed by atoms with Crippen molar-refractivity contribution in [2.45, 2.75) is 25.8 Å². The summed E-state index contributed by atoms with van der Waals surface area (Å²) in [6.07, 6.45) is 2.51. The molecule has 0 unspecified atom stereocenters. The molecule has 2 heterocycles. The molecule has 0 aromatic carbocycles. The smallest absolute Gasteiger partial charge is 0.224 e. The summed E-state index contributed by atoms with van der Waals surface area (Å²) in [5.41, 5.74) is 1.08. The summed E-state index contributed by atoms with van der Waals surface area (Å²) in [7, 11) is 1.41. The van der Waals surface area contributed by atoms with Gasteiger partial charge in [0.15, 0.2) is 12.0 Å². The molecule has 1 aromatic heterocycles. The largest absolute Gasteiger partial charge is 0.491 e. The van der Waals surface area contributed by atoms with Crippen LogP contribution in [0.5, 0.6) is 5.75 Å². The van der Waals surface area contributed by atoms with Gasteiger partial charge in [-0.1, -0.05) is 0 Å². The van der Waals surface area contributed by atoms with Crippen LogP contribution in [0.1, 0.15) is 35.6 Å². The number of pyridine rings is 1. The highest BCUT2D eigenvalue weighted by atomic mass is 16.5. The first-order valence-corrected chi connectivity index (χ1v) is 4.96. The molecule has 4 nitrogen and oxygen atoms in total. The van der Waals surface area contributed by atoms with Gasteiger partial charge >= 0.3 is 0 Å². The lowest BCUT2D eigenvalue weighted by Gasteiger charge is -2.15. The fourth-order valence-electron chi connectivity index (χ4n) is 2.19. The number of fused-ring (bicyclic) bond motifs is 1. The summed E-state index contributed by atoms with van der Waals surface area (Å²) < 4.78 is 6.87. The van der Waals surface area contributed by atoms with E-state index in [1.807, 2.05) is 11.5 Å². The van der Waals surface area contributed by atoms with Crippen LogP contribution in [-0.2, 0) is 6.42 Å². The van der Waals surface area contributed by atoms with E-state index in [4.69, 9.17) is 4.74 Å². The number of aldehydes is 1. The molecule has 0 aliphatic carbocycles. The summed E-state index contributed by atoms with van der Waals surface area (Å²) in [4.78, 5) is 22.6. The van der Waals surface area contributed by atoms with Gasteiger partial charge in [-0.15, -0.1) is 0 Å². The summed E-state index contributed by atoms with van der Waals surface area (Å²) in [5.74, 6) is 0.155. The average Bonchev–Trinajstić information content (AvgIpc) is 2.58. The highest BCUT2D eigenvalue weighted by molar-refractivity contribution is 5.77. The maximum atomic E-state index is 11.6. The molecule has 0 spiro atoms. The minimum absolute atomic E-state index is 0.155. The van der Waals surface area contributed by atoms with Crippen molar-refractivity contribution in [3.63, 3.8) is 0 Å². The van der Waals surface area contributed by atoms with Gasteiger partial charge in [-0.3, -0.25) is 9.59 Å². The fraction of sp³-hybridized carbons (Fsp3) is 0.455. The second kappa shape index (κ2) is 3.53. The fourth-order valence-corrected chi connectivity index (χ4v) is 2.19. The molecule has 1 aliphatic rings. The Morgan fingerprint density at radius 2 is 2.33 bits per heavy atom. The van der Waals surface area contributed by atoms with E-state index in [1.165, 1.54) is 7.11 Å². The zero-order valence-corrected chi connectivity index (χ0v) is 8.82. The minimum Gasteiger partial charge on any atom is -0.491 e. The van der Waals surface area contributed by atoms with Crippen LogP contribution in [0.4, 0.5) is 0 Å². The molecule has 80 valence electrons. The van der Waals surface area contributed by atoms with Crippen LogP contribution in [0.25, 0.3) is 0 Å². The van der Waals surface area contributed by atoms with Gasteiger partial charge in [0.2, 0.25) is 5.43 Å². The quantitative estimate of drug-likeness (QED) is 0.684. The van der Waals surface area contributed by atoms with Gasteiger partial charge in [-0.2, -0.15) is 0 Å². The van der Waals surface area contributed by atoms with Crippen molar-refractivity contribution in [3.8, 4) is 5.75 Å². The van der Waals surface area contributed by atoms with Crippen LogP contribution in [-0.4, -0.2) is 18.0 Å². The van der Waals surface area contributed by atoms with Crippen molar-refractivity contribution >= 4 is 6.29 Å². The number of nitrogens with zero attached hydrogens (tertiary/aromatic N) is 1. The first-order chi connectivity index (χ1) is 7.19. The van der Waals surface area contributed by atoms with Crippen molar-refractivity contribution in [2.24, 2.45) is 0 Å². The lowest BCUT2D eigenvalue weighted by molar-refractivity contribution is 0.111. The first kappa shape index (κ1) is 9.96. The molecule has 0 fully saturated rings. The van der Waals surface area contributed by atoms with Crippen molar-refractivity contribution in [1.29, 1.82) is 0 Å². The number of hydrogen-bond donors (Lipinski definition) is 0. The second-order valence-corrected chi connectivity index (χ2v) is 3.79. The number of aryl methyl sites for hydroxylation is 1. The Morgan fingerprint density at radius 3 is 2.93 bits per heavy atom. The van der Waals surface area contributed by atoms with Crippen LogP contribution in [0.2, 0.25) is 0 Å². The lowest BCUT2D eigenvalue weighted by atomic mass is 10.2. The summed E-state index contributed by atoms with van der Waals surface area (Å²) >= 11 is 0. The molecule has 0 saturated heterocycles. The third kappa shape index (κ3) is 1.37. The predicted molar refractivity (Wildman–Crippen MR) is 55.7 cm³/mol. The van der Waals surface area contributed by atoms with E-state index in [2.05, 4.69) is 0 Å². The summed E-state index contributed by atoms with van der Waals surface area (Å²) in [6, 6.07) is 1.82. The molecule has 1 atom stereocenters. The normalized spacial score (nSPS) is 18.7. The molecule has 4 heteroatoms. The Morgan fingerprint density at radius 1 is 1.60 bits per heavy atom. The lowest BCUT2D eigenvalue weighted by Crippen LogP contribution is -2.17. The van der Waals surface area contributed by atoms with E-state index in [1.54, 1.807) is 6.07 Å². The minimum atomic E-state index is -0.208. The third-order valence-electron chi connectivity index (χ3n) is 2.90. The number of rotatable bonds is 2. The van der Waals surface area contributed by atoms with E-state index < -0.39 is 0 Å². The van der Waals surface area contributed by atoms with Crippen LogP contribution in [0.15, 0.2) is 10.9 Å². The Balaban J connectivity index is 2.77. The maximum Gasteiger partial charge on any atom is 0.224 e. The molecule has 2 rings (SSSR count). The van der Waals surface area contributed by atoms with E-state index in [0.29, 0.717) is 12.0 Å². The Kier molecular flexibility index (Phi) is 2.34. The average molecular weight is 207 g/mol. The zero-order chi connectivity index (χ0) is 11.0. The molecule has 1 aromatic rings. The van der Waals surface area contributed by atoms with Crippen molar-refractivity contribution < 1.29 is 9.53 Å². The van der Waals surface area contributed by atoms with E-state index in [0.717, 1.165) is 18.5 Å². The van der Waals surface area contributed by atoms with Gasteiger partial charge in [0.25, 0.3) is 0 Å². The van der Waals surface area contributed by atoms with Gasteiger partial charge in [0.05, 0.1) is 7.11 Å². The molecule has 0 bridgehead atoms. The summed E-state index contributed by atoms with van der Waals surface area (Å²) in [6.45, 7) is 2.04. The van der Waals surface area contributed by atoms with Gasteiger partial charge < -0.3 is 9.30 Å². The zero-order valence-electron chi connectivity index (χ0n) is 8.82. The van der Waals surface area contributed by atoms with E-state index >= 15 is 0 Å². The number of hydrogen-bond acceptors (Lipinski definition) is 3. The van der Waals surface area contributed by atoms with E-state index in [9.17, 15) is 9.59 Å². The molecular formula is C11H13NO3. The van der Waals surface area contributed by atoms with Gasteiger partial charge in [0.1, 0.15) is 5.69 Å². The molecule has 0 amide bonds. The number of methoxy groups -OCH3 is 1. The van der Waals surface area contributed by atoms with Crippen LogP contribution < -0.4 is 10.2 Å². The van der Waals surface area contributed by atoms with Crippen molar-refractivity contribution in [3.05, 3.63) is 27.7 Å². The summed E-state index contributed by atoms with van der Waals surface area (Å²) in [5, 5.41) is 0. The van der Waals surface area contributed by atoms with Crippen molar-refractivity contribution in [1.82, 2.24) is 4.57 Å². The second-order valence-electron chi connectivity index (χ2n) is 3.79. The molecule has 15 heavy (non-hydrogen) atoms. The maximum absolute atomic E-state index is 11.6. The Labute approximate surface area is 87.5 Å². The first-order valence-electron chi connectivity index (χ1n) is 4.96. The Hall–Kier alpha value is -1.58. The molecule has 1 aliphatic heterocycles. The third-order valence-corrected chi connectivity index (χ3v) is 2.90. The standard InChI is InChI=1S/C11H13NO3/c1-7-3-4-8-5-10(14)11(15-2)9(6-13)12(7)8/h5-7H,3-4H2,1-2H3/t7-/m1/s1. The molecule has 0 saturated carbocycles. The molecular weight excluding hydrogens is 194 g/mol. The van der Waals surface area contributed by atoms with Crippen LogP contribution >= 0.6 is 0 Å². The molecule has 0 N–H and O–H groups in total. The van der Waals surface area contributed by atoms with Crippen molar-refractivity contribution in [2.75, 3.05) is 7.11 Å². The van der Waals surface area contributed by atoms with Gasteiger partial charge in [0, 0.05) is 17.8 Å². The molecule has 0 radical (unpaired) electrons. The van der Waals surface area contributed by atoms with Crippen LogP contribution in [0.3, 0.4) is 0 Å². The van der Waals surface area contributed by atoms with E-state index in [-0.39, 0.29) is 17.2 Å². The number of ether oxygens (including phenoxy) is 1. The number of aromatic nitrogens is 1. The monoisotopic (exact) mass is 207 g/mol. The number of carbonyl (C=O) groups is 1. The SMILES string of the molecule is COc1c(C=O)n2c(cc1=O)CC[C@H]2C. The van der Waals surface area contributed by atoms with Gasteiger partial charge in [-0.25, -0.2) is 0 Å². The topological polar surface area (TPSA) is 48.3 Å².